The SMILES string of the molecule is N#Cc1cccc(-c2ccc(-c3nc(-c4ccccc4)nc(-c4ccccc4-c4ccccc4-c4ccc(-c5nc6ccccc6s5)cc4)n3)cc2)c1. The van der Waals surface area contributed by atoms with Crippen LogP contribution in [-0.2, 0) is 0 Å². The van der Waals surface area contributed by atoms with E-state index in [0.717, 1.165) is 66.2 Å². The second-order valence-electron chi connectivity index (χ2n) is 12.6. The largest absolute Gasteiger partial charge is 0.236 e. The van der Waals surface area contributed by atoms with Crippen LogP contribution in [0.3, 0.4) is 0 Å². The second kappa shape index (κ2) is 13.9. The Labute approximate surface area is 311 Å². The molecular formula is C47H29N5S. The first-order chi connectivity index (χ1) is 26.2. The third-order valence-electron chi connectivity index (χ3n) is 9.26. The highest BCUT2D eigenvalue weighted by Crippen LogP contribution is 2.39. The summed E-state index contributed by atoms with van der Waals surface area (Å²) in [5.41, 5.74) is 11.8. The summed E-state index contributed by atoms with van der Waals surface area (Å²) >= 11 is 1.71. The van der Waals surface area contributed by atoms with Crippen LogP contribution < -0.4 is 0 Å². The van der Waals surface area contributed by atoms with Gasteiger partial charge in [-0.25, -0.2) is 19.9 Å². The lowest BCUT2D eigenvalue weighted by atomic mass is 9.91. The first kappa shape index (κ1) is 31.9. The minimum absolute atomic E-state index is 0.583. The Hall–Kier alpha value is -7.07. The molecule has 0 bridgehead atoms. The van der Waals surface area contributed by atoms with Gasteiger partial charge in [-0.15, -0.1) is 11.3 Å². The highest BCUT2D eigenvalue weighted by Gasteiger charge is 2.18. The molecule has 0 aliphatic carbocycles. The highest BCUT2D eigenvalue weighted by atomic mass is 32.1. The number of hydrogen-bond acceptors (Lipinski definition) is 6. The van der Waals surface area contributed by atoms with E-state index in [-0.39, 0.29) is 0 Å². The lowest BCUT2D eigenvalue weighted by Gasteiger charge is -2.15. The third kappa shape index (κ3) is 6.38. The molecule has 0 saturated carbocycles. The van der Waals surface area contributed by atoms with E-state index >= 15 is 0 Å². The van der Waals surface area contributed by atoms with Crippen molar-refractivity contribution in [1.29, 1.82) is 5.26 Å². The van der Waals surface area contributed by atoms with E-state index in [1.807, 2.05) is 91.0 Å². The fraction of sp³-hybridized carbons (Fsp3) is 0. The topological polar surface area (TPSA) is 75.3 Å². The highest BCUT2D eigenvalue weighted by molar-refractivity contribution is 7.21. The molecule has 53 heavy (non-hydrogen) atoms. The number of nitriles is 1. The molecule has 0 unspecified atom stereocenters. The van der Waals surface area contributed by atoms with Crippen LogP contribution in [0.1, 0.15) is 5.56 Å². The summed E-state index contributed by atoms with van der Waals surface area (Å²) in [7, 11) is 0. The molecule has 0 spiro atoms. The van der Waals surface area contributed by atoms with E-state index < -0.39 is 0 Å². The van der Waals surface area contributed by atoms with Gasteiger partial charge in [0.25, 0.3) is 0 Å². The zero-order valence-electron chi connectivity index (χ0n) is 28.4. The van der Waals surface area contributed by atoms with Crippen molar-refractivity contribution in [1.82, 2.24) is 19.9 Å². The van der Waals surface area contributed by atoms with Crippen LogP contribution >= 0.6 is 11.3 Å². The molecule has 0 radical (unpaired) electrons. The van der Waals surface area contributed by atoms with Crippen molar-refractivity contribution in [2.24, 2.45) is 0 Å². The van der Waals surface area contributed by atoms with Gasteiger partial charge in [-0.05, 0) is 57.6 Å². The van der Waals surface area contributed by atoms with Crippen LogP contribution in [0.15, 0.2) is 176 Å². The number of para-hydroxylation sites is 1. The number of aromatic nitrogens is 4. The van der Waals surface area contributed by atoms with Gasteiger partial charge in [0.05, 0.1) is 21.8 Å². The number of thiazole rings is 1. The van der Waals surface area contributed by atoms with Crippen LogP contribution in [0.25, 0.3) is 88.3 Å². The van der Waals surface area contributed by atoms with Gasteiger partial charge in [-0.1, -0.05) is 152 Å². The minimum atomic E-state index is 0.583. The zero-order valence-corrected chi connectivity index (χ0v) is 29.2. The molecule has 0 aliphatic heterocycles. The van der Waals surface area contributed by atoms with Crippen molar-refractivity contribution in [3.05, 3.63) is 181 Å². The maximum Gasteiger partial charge on any atom is 0.164 e. The maximum absolute atomic E-state index is 9.40. The van der Waals surface area contributed by atoms with E-state index in [1.54, 1.807) is 11.3 Å². The molecule has 0 atom stereocenters. The molecule has 2 heterocycles. The predicted octanol–water partition coefficient (Wildman–Crippen LogP) is 12.0. The maximum atomic E-state index is 9.40. The first-order valence-electron chi connectivity index (χ1n) is 17.3. The standard InChI is InChI=1S/C47H29N5S/c48-30-31-11-10-14-37(29-31)32-21-25-35(26-22-32)45-50-44(34-12-2-1-3-13-34)51-46(52-45)41-18-7-6-17-40(41)39-16-5-4-15-38(39)33-23-27-36(28-24-33)47-49-42-19-8-9-20-43(42)53-47/h1-29H. The smallest absolute Gasteiger partial charge is 0.164 e. The monoisotopic (exact) mass is 695 g/mol. The fourth-order valence-corrected chi connectivity index (χ4v) is 7.56. The van der Waals surface area contributed by atoms with Crippen molar-refractivity contribution in [2.75, 3.05) is 0 Å². The van der Waals surface area contributed by atoms with Gasteiger partial charge < -0.3 is 0 Å². The molecule has 5 nitrogen and oxygen atoms in total. The molecule has 7 aromatic carbocycles. The molecule has 2 aromatic heterocycles. The Morgan fingerprint density at radius 1 is 0.377 bits per heavy atom. The van der Waals surface area contributed by atoms with Crippen molar-refractivity contribution < 1.29 is 0 Å². The number of nitrogens with zero attached hydrogens (tertiary/aromatic N) is 5. The van der Waals surface area contributed by atoms with Crippen LogP contribution in [-0.4, -0.2) is 19.9 Å². The summed E-state index contributed by atoms with van der Waals surface area (Å²) in [6.45, 7) is 0. The number of fused-ring (bicyclic) bond motifs is 1. The summed E-state index contributed by atoms with van der Waals surface area (Å²) in [6.07, 6.45) is 0. The van der Waals surface area contributed by atoms with Crippen molar-refractivity contribution in [3.63, 3.8) is 0 Å². The molecule has 6 heteroatoms. The molecule has 0 aliphatic rings. The van der Waals surface area contributed by atoms with Crippen molar-refractivity contribution >= 4 is 21.6 Å². The third-order valence-corrected chi connectivity index (χ3v) is 10.3. The van der Waals surface area contributed by atoms with E-state index in [4.69, 9.17) is 19.9 Å². The van der Waals surface area contributed by atoms with Crippen LogP contribution in [0, 0.1) is 11.3 Å². The fourth-order valence-electron chi connectivity index (χ4n) is 6.59. The predicted molar refractivity (Wildman–Crippen MR) is 216 cm³/mol. The Bertz CT molecular complexity index is 2750. The summed E-state index contributed by atoms with van der Waals surface area (Å²) in [5.74, 6) is 1.78. The number of rotatable bonds is 7. The van der Waals surface area contributed by atoms with Gasteiger partial charge in [0.15, 0.2) is 17.5 Å². The molecule has 0 saturated heterocycles. The lowest BCUT2D eigenvalue weighted by molar-refractivity contribution is 1.07. The van der Waals surface area contributed by atoms with Gasteiger partial charge in [0.1, 0.15) is 5.01 Å². The van der Waals surface area contributed by atoms with Crippen LogP contribution in [0.2, 0.25) is 0 Å². The Kier molecular flexibility index (Phi) is 8.37. The molecule has 9 aromatic rings. The van der Waals surface area contributed by atoms with Crippen LogP contribution in [0.5, 0.6) is 0 Å². The minimum Gasteiger partial charge on any atom is -0.236 e. The molecule has 9 rings (SSSR count). The second-order valence-corrected chi connectivity index (χ2v) is 13.6. The molecule has 248 valence electrons. The van der Waals surface area contributed by atoms with Crippen LogP contribution in [0.4, 0.5) is 0 Å². The summed E-state index contributed by atoms with van der Waals surface area (Å²) in [4.78, 5) is 20.0. The quantitative estimate of drug-likeness (QED) is 0.166. The number of hydrogen-bond donors (Lipinski definition) is 0. The first-order valence-corrected chi connectivity index (χ1v) is 18.1. The van der Waals surface area contributed by atoms with Gasteiger partial charge >= 0.3 is 0 Å². The normalized spacial score (nSPS) is 11.0. The molecule has 0 fully saturated rings. The van der Waals surface area contributed by atoms with Gasteiger partial charge in [0, 0.05) is 22.3 Å². The molecule has 0 amide bonds. The Morgan fingerprint density at radius 3 is 1.62 bits per heavy atom. The zero-order chi connectivity index (χ0) is 35.6. The van der Waals surface area contributed by atoms with E-state index in [1.165, 1.54) is 4.70 Å². The molecule has 0 N–H and O–H groups in total. The van der Waals surface area contributed by atoms with Crippen molar-refractivity contribution in [3.8, 4) is 84.2 Å². The van der Waals surface area contributed by atoms with Gasteiger partial charge in [0.2, 0.25) is 0 Å². The van der Waals surface area contributed by atoms with Gasteiger partial charge in [-0.2, -0.15) is 5.26 Å². The summed E-state index contributed by atoms with van der Waals surface area (Å²) < 4.78 is 1.18. The average Bonchev–Trinajstić information content (AvgIpc) is 3.69. The summed E-state index contributed by atoms with van der Waals surface area (Å²) in [6, 6.07) is 61.8. The molecular weight excluding hydrogens is 667 g/mol. The van der Waals surface area contributed by atoms with Crippen molar-refractivity contribution in [2.45, 2.75) is 0 Å². The average molecular weight is 696 g/mol. The number of benzene rings is 7. The Morgan fingerprint density at radius 2 is 0.906 bits per heavy atom. The lowest BCUT2D eigenvalue weighted by Crippen LogP contribution is -2.01. The van der Waals surface area contributed by atoms with E-state index in [9.17, 15) is 5.26 Å². The Balaban J connectivity index is 1.12. The van der Waals surface area contributed by atoms with E-state index in [2.05, 4.69) is 91.0 Å². The van der Waals surface area contributed by atoms with Gasteiger partial charge in [-0.3, -0.25) is 0 Å². The van der Waals surface area contributed by atoms with E-state index in [0.29, 0.717) is 23.0 Å². The summed E-state index contributed by atoms with van der Waals surface area (Å²) in [5, 5.41) is 10.4.